The van der Waals surface area contributed by atoms with Gasteiger partial charge in [-0.2, -0.15) is 13.2 Å². The number of nitrogens with zero attached hydrogens (tertiary/aromatic N) is 1. The van der Waals surface area contributed by atoms with Crippen LogP contribution in [0.25, 0.3) is 6.08 Å². The highest BCUT2D eigenvalue weighted by molar-refractivity contribution is 5.77. The molecular formula is C18H23F3N2O4. The molecule has 9 heteroatoms. The molecule has 0 aliphatic carbocycles. The largest absolute Gasteiger partial charge is 0.490 e. The van der Waals surface area contributed by atoms with Crippen LogP contribution in [0.3, 0.4) is 0 Å². The Morgan fingerprint density at radius 1 is 1.22 bits per heavy atom. The Hall–Kier alpha value is -2.39. The van der Waals surface area contributed by atoms with Gasteiger partial charge < -0.3 is 10.4 Å². The van der Waals surface area contributed by atoms with E-state index in [1.165, 1.54) is 23.3 Å². The standard InChI is InChI=1S/C16H22N2O2.C2HF3O2/c1-18(20-2)16(19)12-14-5-3-13(4-6-14)11-15-7-9-17-10-8-15;3-2(4,5)1(6)7/h3-6,11,17H,7-10,12H2,1-2H3;(H,6,7). The maximum absolute atomic E-state index is 11.7. The first-order valence-corrected chi connectivity index (χ1v) is 8.23. The lowest BCUT2D eigenvalue weighted by Crippen LogP contribution is -2.26. The number of alkyl halides is 3. The van der Waals surface area contributed by atoms with Gasteiger partial charge in [0.15, 0.2) is 0 Å². The summed E-state index contributed by atoms with van der Waals surface area (Å²) in [6, 6.07) is 8.17. The molecule has 0 atom stereocenters. The highest BCUT2D eigenvalue weighted by Gasteiger charge is 2.38. The maximum Gasteiger partial charge on any atom is 0.490 e. The smallest absolute Gasteiger partial charge is 0.475 e. The van der Waals surface area contributed by atoms with Crippen molar-refractivity contribution in [2.75, 3.05) is 27.2 Å². The fourth-order valence-corrected chi connectivity index (χ4v) is 2.25. The van der Waals surface area contributed by atoms with Gasteiger partial charge in [-0.05, 0) is 37.1 Å². The molecule has 1 heterocycles. The highest BCUT2D eigenvalue weighted by atomic mass is 19.4. The number of carboxylic acids is 1. The Labute approximate surface area is 155 Å². The highest BCUT2D eigenvalue weighted by Crippen LogP contribution is 2.16. The number of carbonyl (C=O) groups is 2. The van der Waals surface area contributed by atoms with Gasteiger partial charge in [-0.1, -0.05) is 35.9 Å². The van der Waals surface area contributed by atoms with Crippen molar-refractivity contribution in [2.24, 2.45) is 0 Å². The maximum atomic E-state index is 11.7. The van der Waals surface area contributed by atoms with Gasteiger partial charge >= 0.3 is 12.1 Å². The number of hydroxylamine groups is 2. The third-order valence-electron chi connectivity index (χ3n) is 3.82. The van der Waals surface area contributed by atoms with Crippen LogP contribution < -0.4 is 5.32 Å². The van der Waals surface area contributed by atoms with Crippen molar-refractivity contribution in [3.63, 3.8) is 0 Å². The lowest BCUT2D eigenvalue weighted by Gasteiger charge is -2.15. The number of halogens is 3. The van der Waals surface area contributed by atoms with Crippen LogP contribution in [0, 0.1) is 0 Å². The van der Waals surface area contributed by atoms with Gasteiger partial charge in [-0.25, -0.2) is 9.86 Å². The third-order valence-corrected chi connectivity index (χ3v) is 3.82. The van der Waals surface area contributed by atoms with Crippen LogP contribution in [0.5, 0.6) is 0 Å². The van der Waals surface area contributed by atoms with E-state index in [0.29, 0.717) is 6.42 Å². The molecule has 0 bridgehead atoms. The number of benzene rings is 1. The molecule has 1 aliphatic heterocycles. The van der Waals surface area contributed by atoms with E-state index in [1.54, 1.807) is 7.05 Å². The molecule has 1 saturated heterocycles. The van der Waals surface area contributed by atoms with Crippen LogP contribution in [0.4, 0.5) is 13.2 Å². The molecule has 0 radical (unpaired) electrons. The number of nitrogens with one attached hydrogen (secondary N) is 1. The molecule has 6 nitrogen and oxygen atoms in total. The molecule has 0 saturated carbocycles. The van der Waals surface area contributed by atoms with Gasteiger partial charge in [0.1, 0.15) is 0 Å². The lowest BCUT2D eigenvalue weighted by molar-refractivity contribution is -0.192. The summed E-state index contributed by atoms with van der Waals surface area (Å²) >= 11 is 0. The van der Waals surface area contributed by atoms with E-state index < -0.39 is 12.1 Å². The second kappa shape index (κ2) is 10.7. The summed E-state index contributed by atoms with van der Waals surface area (Å²) < 4.78 is 31.7. The molecule has 1 aliphatic rings. The summed E-state index contributed by atoms with van der Waals surface area (Å²) in [5, 5.41) is 11.7. The average Bonchev–Trinajstić information content (AvgIpc) is 2.63. The molecule has 150 valence electrons. The van der Waals surface area contributed by atoms with E-state index in [2.05, 4.69) is 23.5 Å². The second-order valence-corrected chi connectivity index (χ2v) is 5.85. The average molecular weight is 388 g/mol. The van der Waals surface area contributed by atoms with E-state index in [9.17, 15) is 18.0 Å². The van der Waals surface area contributed by atoms with Crippen molar-refractivity contribution in [2.45, 2.75) is 25.4 Å². The van der Waals surface area contributed by atoms with Gasteiger partial charge in [-0.15, -0.1) is 0 Å². The van der Waals surface area contributed by atoms with Crippen molar-refractivity contribution >= 4 is 18.0 Å². The summed E-state index contributed by atoms with van der Waals surface area (Å²) in [6.45, 7) is 2.14. The Bertz CT molecular complexity index is 650. The minimum Gasteiger partial charge on any atom is -0.475 e. The number of carboxylic acid groups (broad SMARTS) is 1. The van der Waals surface area contributed by atoms with Gasteiger partial charge in [0.2, 0.25) is 5.91 Å². The topological polar surface area (TPSA) is 78.9 Å². The molecule has 1 fully saturated rings. The van der Waals surface area contributed by atoms with Crippen molar-refractivity contribution in [3.8, 4) is 0 Å². The monoisotopic (exact) mass is 388 g/mol. The molecule has 2 N–H and O–H groups in total. The Morgan fingerprint density at radius 2 is 1.74 bits per heavy atom. The number of hydrogen-bond donors (Lipinski definition) is 2. The van der Waals surface area contributed by atoms with Gasteiger partial charge in [0.05, 0.1) is 13.5 Å². The molecule has 0 aromatic heterocycles. The number of likely N-dealkylation sites (N-methyl/N-ethyl adjacent to an activating group) is 1. The molecule has 0 unspecified atom stereocenters. The van der Waals surface area contributed by atoms with Gasteiger partial charge in [0.25, 0.3) is 0 Å². The van der Waals surface area contributed by atoms with E-state index in [4.69, 9.17) is 14.7 Å². The molecule has 0 spiro atoms. The van der Waals surface area contributed by atoms with Crippen molar-refractivity contribution in [1.82, 2.24) is 10.4 Å². The predicted octanol–water partition coefficient (Wildman–Crippen LogP) is 2.65. The Morgan fingerprint density at radius 3 is 2.19 bits per heavy atom. The Balaban J connectivity index is 0.000000445. The first kappa shape index (κ1) is 22.7. The lowest BCUT2D eigenvalue weighted by atomic mass is 10.0. The van der Waals surface area contributed by atoms with Crippen LogP contribution in [-0.4, -0.2) is 55.5 Å². The SMILES string of the molecule is CON(C)C(=O)Cc1ccc(C=C2CCNCC2)cc1.O=C(O)C(F)(F)F. The van der Waals surface area contributed by atoms with Crippen molar-refractivity contribution < 1.29 is 32.7 Å². The quantitative estimate of drug-likeness (QED) is 0.776. The zero-order chi connectivity index (χ0) is 20.4. The first-order chi connectivity index (χ1) is 12.6. The fourth-order valence-electron chi connectivity index (χ4n) is 2.25. The molecule has 1 aromatic rings. The molecule has 1 amide bonds. The van der Waals surface area contributed by atoms with Crippen molar-refractivity contribution in [3.05, 3.63) is 41.0 Å². The summed E-state index contributed by atoms with van der Waals surface area (Å²) in [6.07, 6.45) is -0.212. The van der Waals surface area contributed by atoms with E-state index in [-0.39, 0.29) is 5.91 Å². The van der Waals surface area contributed by atoms with Gasteiger partial charge in [0, 0.05) is 7.05 Å². The minimum atomic E-state index is -5.08. The van der Waals surface area contributed by atoms with Crippen LogP contribution in [0.2, 0.25) is 0 Å². The van der Waals surface area contributed by atoms with Crippen LogP contribution in [-0.2, 0) is 20.8 Å². The number of hydrogen-bond acceptors (Lipinski definition) is 4. The van der Waals surface area contributed by atoms with E-state index in [0.717, 1.165) is 31.5 Å². The molecule has 27 heavy (non-hydrogen) atoms. The fraction of sp³-hybridized carbons (Fsp3) is 0.444. The van der Waals surface area contributed by atoms with Crippen molar-refractivity contribution in [1.29, 1.82) is 0 Å². The summed E-state index contributed by atoms with van der Waals surface area (Å²) in [5.41, 5.74) is 3.70. The van der Waals surface area contributed by atoms with Crippen LogP contribution in [0.15, 0.2) is 29.8 Å². The summed E-state index contributed by atoms with van der Waals surface area (Å²) in [4.78, 5) is 25.5. The molecule has 2 rings (SSSR count). The molecular weight excluding hydrogens is 365 g/mol. The number of aliphatic carboxylic acids is 1. The summed E-state index contributed by atoms with van der Waals surface area (Å²) in [5.74, 6) is -2.80. The second-order valence-electron chi connectivity index (χ2n) is 5.85. The van der Waals surface area contributed by atoms with E-state index in [1.807, 2.05) is 12.1 Å². The Kier molecular flexibility index (Phi) is 8.96. The predicted molar refractivity (Wildman–Crippen MR) is 93.7 cm³/mol. The number of piperidine rings is 1. The van der Waals surface area contributed by atoms with Crippen LogP contribution in [0.1, 0.15) is 24.0 Å². The van der Waals surface area contributed by atoms with E-state index >= 15 is 0 Å². The molecule has 1 aromatic carbocycles. The number of amides is 1. The number of rotatable bonds is 4. The van der Waals surface area contributed by atoms with Gasteiger partial charge in [-0.3, -0.25) is 9.63 Å². The summed E-state index contributed by atoms with van der Waals surface area (Å²) in [7, 11) is 3.12. The normalized spacial score (nSPS) is 14.0. The zero-order valence-electron chi connectivity index (χ0n) is 15.2. The zero-order valence-corrected chi connectivity index (χ0v) is 15.2. The first-order valence-electron chi connectivity index (χ1n) is 8.23. The third kappa shape index (κ3) is 8.69. The number of carbonyl (C=O) groups excluding carboxylic acids is 1. The minimum absolute atomic E-state index is 0.0445. The van der Waals surface area contributed by atoms with Crippen LogP contribution >= 0.6 is 0 Å².